The van der Waals surface area contributed by atoms with E-state index in [9.17, 15) is 9.18 Å². The fourth-order valence-electron chi connectivity index (χ4n) is 3.18. The second kappa shape index (κ2) is 7.09. The molecule has 3 aromatic rings. The van der Waals surface area contributed by atoms with Crippen molar-refractivity contribution in [1.29, 1.82) is 0 Å². The SMILES string of the molecule is O=C(Nc1n[nH]c2c1CN(CCc1ccccc1)C2)c1ccc(F)cc1. The van der Waals surface area contributed by atoms with Crippen molar-refractivity contribution in [3.8, 4) is 0 Å². The van der Waals surface area contributed by atoms with E-state index in [0.29, 0.717) is 11.4 Å². The van der Waals surface area contributed by atoms with Gasteiger partial charge in [0.05, 0.1) is 5.69 Å². The molecule has 0 unspecified atom stereocenters. The molecule has 1 aliphatic heterocycles. The number of hydrogen-bond acceptors (Lipinski definition) is 3. The minimum Gasteiger partial charge on any atom is -0.305 e. The maximum Gasteiger partial charge on any atom is 0.256 e. The van der Waals surface area contributed by atoms with Crippen LogP contribution in [0.5, 0.6) is 0 Å². The maximum atomic E-state index is 13.0. The average Bonchev–Trinajstić information content (AvgIpc) is 3.23. The fourth-order valence-corrected chi connectivity index (χ4v) is 3.18. The first kappa shape index (κ1) is 16.5. The molecule has 4 rings (SSSR count). The van der Waals surface area contributed by atoms with Gasteiger partial charge in [0.1, 0.15) is 5.82 Å². The summed E-state index contributed by atoms with van der Waals surface area (Å²) >= 11 is 0. The number of halogens is 1. The van der Waals surface area contributed by atoms with Crippen LogP contribution < -0.4 is 5.32 Å². The van der Waals surface area contributed by atoms with Gasteiger partial charge in [-0.3, -0.25) is 14.8 Å². The third-order valence-electron chi connectivity index (χ3n) is 4.61. The molecule has 132 valence electrons. The quantitative estimate of drug-likeness (QED) is 0.742. The molecule has 0 saturated heterocycles. The van der Waals surface area contributed by atoms with Crippen molar-refractivity contribution in [2.24, 2.45) is 0 Å². The van der Waals surface area contributed by atoms with Crippen LogP contribution in [-0.4, -0.2) is 27.5 Å². The summed E-state index contributed by atoms with van der Waals surface area (Å²) in [7, 11) is 0. The Morgan fingerprint density at radius 2 is 1.88 bits per heavy atom. The summed E-state index contributed by atoms with van der Waals surface area (Å²) in [6.07, 6.45) is 0.982. The van der Waals surface area contributed by atoms with Gasteiger partial charge >= 0.3 is 0 Å². The van der Waals surface area contributed by atoms with E-state index >= 15 is 0 Å². The molecule has 1 aromatic heterocycles. The van der Waals surface area contributed by atoms with Crippen LogP contribution in [0.4, 0.5) is 10.2 Å². The zero-order valence-corrected chi connectivity index (χ0v) is 14.2. The van der Waals surface area contributed by atoms with Crippen LogP contribution >= 0.6 is 0 Å². The van der Waals surface area contributed by atoms with Gasteiger partial charge in [-0.2, -0.15) is 5.10 Å². The Morgan fingerprint density at radius 1 is 1.12 bits per heavy atom. The molecule has 2 heterocycles. The molecule has 5 nitrogen and oxygen atoms in total. The molecule has 26 heavy (non-hydrogen) atoms. The summed E-state index contributed by atoms with van der Waals surface area (Å²) in [6.45, 7) is 2.48. The van der Waals surface area contributed by atoms with Crippen LogP contribution in [0.3, 0.4) is 0 Å². The fraction of sp³-hybridized carbons (Fsp3) is 0.200. The molecule has 0 atom stereocenters. The number of nitrogens with zero attached hydrogens (tertiary/aromatic N) is 2. The number of fused-ring (bicyclic) bond motifs is 1. The van der Waals surface area contributed by atoms with Crippen LogP contribution in [0.15, 0.2) is 54.6 Å². The second-order valence-corrected chi connectivity index (χ2v) is 6.44. The monoisotopic (exact) mass is 350 g/mol. The van der Waals surface area contributed by atoms with Crippen molar-refractivity contribution in [3.05, 3.63) is 82.8 Å². The van der Waals surface area contributed by atoms with E-state index < -0.39 is 0 Å². The Labute approximate surface area is 150 Å². The molecule has 2 N–H and O–H groups in total. The van der Waals surface area contributed by atoms with Crippen LogP contribution in [0.2, 0.25) is 0 Å². The number of H-pyrrole nitrogens is 1. The van der Waals surface area contributed by atoms with Crippen molar-refractivity contribution in [2.75, 3.05) is 11.9 Å². The van der Waals surface area contributed by atoms with Crippen molar-refractivity contribution in [1.82, 2.24) is 15.1 Å². The second-order valence-electron chi connectivity index (χ2n) is 6.44. The Hall–Kier alpha value is -2.99. The first-order valence-electron chi connectivity index (χ1n) is 8.58. The van der Waals surface area contributed by atoms with Crippen LogP contribution in [0.25, 0.3) is 0 Å². The van der Waals surface area contributed by atoms with Gasteiger partial charge in [-0.15, -0.1) is 0 Å². The number of nitrogens with one attached hydrogen (secondary N) is 2. The maximum absolute atomic E-state index is 13.0. The molecule has 2 aromatic carbocycles. The van der Waals surface area contributed by atoms with Gasteiger partial charge in [0.25, 0.3) is 5.91 Å². The number of rotatable bonds is 5. The van der Waals surface area contributed by atoms with E-state index in [2.05, 4.69) is 44.7 Å². The molecule has 0 saturated carbocycles. The van der Waals surface area contributed by atoms with Gasteiger partial charge in [0, 0.05) is 30.8 Å². The van der Waals surface area contributed by atoms with Gasteiger partial charge < -0.3 is 5.32 Å². The average molecular weight is 350 g/mol. The Bertz CT molecular complexity index is 905. The van der Waals surface area contributed by atoms with E-state index in [1.165, 1.54) is 29.8 Å². The molecule has 0 spiro atoms. The summed E-state index contributed by atoms with van der Waals surface area (Å²) in [5.41, 5.74) is 3.77. The Balaban J connectivity index is 1.39. The molecule has 1 amide bonds. The lowest BCUT2D eigenvalue weighted by Gasteiger charge is -2.15. The number of aromatic amines is 1. The predicted molar refractivity (Wildman–Crippen MR) is 97.2 cm³/mol. The van der Waals surface area contributed by atoms with Gasteiger partial charge in [-0.05, 0) is 36.2 Å². The topological polar surface area (TPSA) is 61.0 Å². The normalized spacial score (nSPS) is 13.6. The van der Waals surface area contributed by atoms with Crippen molar-refractivity contribution in [2.45, 2.75) is 19.5 Å². The van der Waals surface area contributed by atoms with Gasteiger partial charge in [-0.1, -0.05) is 30.3 Å². The van der Waals surface area contributed by atoms with Crippen molar-refractivity contribution >= 4 is 11.7 Å². The molecule has 0 aliphatic carbocycles. The summed E-state index contributed by atoms with van der Waals surface area (Å²) < 4.78 is 13.0. The standard InChI is InChI=1S/C20H19FN4O/c21-16-8-6-15(7-9-16)20(26)22-19-17-12-25(13-18(17)23-24-19)11-10-14-4-2-1-3-5-14/h1-9H,10-13H2,(H2,22,23,24,26). The van der Waals surface area contributed by atoms with E-state index in [0.717, 1.165) is 37.3 Å². The summed E-state index contributed by atoms with van der Waals surface area (Å²) in [5, 5.41) is 10.1. The van der Waals surface area contributed by atoms with Gasteiger partial charge in [-0.25, -0.2) is 4.39 Å². The minimum absolute atomic E-state index is 0.290. The van der Waals surface area contributed by atoms with Crippen LogP contribution in [-0.2, 0) is 19.5 Å². The number of anilines is 1. The number of amides is 1. The van der Waals surface area contributed by atoms with Crippen molar-refractivity contribution < 1.29 is 9.18 Å². The Kier molecular flexibility index (Phi) is 4.50. The summed E-state index contributed by atoms with van der Waals surface area (Å²) in [6, 6.07) is 15.9. The molecule has 0 bridgehead atoms. The largest absolute Gasteiger partial charge is 0.305 e. The Morgan fingerprint density at radius 3 is 2.65 bits per heavy atom. The third-order valence-corrected chi connectivity index (χ3v) is 4.61. The highest BCUT2D eigenvalue weighted by atomic mass is 19.1. The van der Waals surface area contributed by atoms with E-state index in [-0.39, 0.29) is 11.7 Å². The molecular formula is C20H19FN4O. The zero-order valence-electron chi connectivity index (χ0n) is 14.2. The molecule has 0 fully saturated rings. The smallest absolute Gasteiger partial charge is 0.256 e. The van der Waals surface area contributed by atoms with E-state index in [1.54, 1.807) is 0 Å². The first-order valence-corrected chi connectivity index (χ1v) is 8.58. The lowest BCUT2D eigenvalue weighted by atomic mass is 10.1. The van der Waals surface area contributed by atoms with E-state index in [4.69, 9.17) is 0 Å². The number of carbonyl (C=O) groups excluding carboxylic acids is 1. The number of carbonyl (C=O) groups is 1. The zero-order chi connectivity index (χ0) is 17.9. The highest BCUT2D eigenvalue weighted by Crippen LogP contribution is 2.27. The van der Waals surface area contributed by atoms with Gasteiger partial charge in [0.15, 0.2) is 5.82 Å². The lowest BCUT2D eigenvalue weighted by Crippen LogP contribution is -2.20. The minimum atomic E-state index is -0.365. The number of hydrogen-bond donors (Lipinski definition) is 2. The molecule has 6 heteroatoms. The summed E-state index contributed by atoms with van der Waals surface area (Å²) in [5.74, 6) is -0.102. The van der Waals surface area contributed by atoms with Gasteiger partial charge in [0.2, 0.25) is 0 Å². The highest BCUT2D eigenvalue weighted by Gasteiger charge is 2.25. The first-order chi connectivity index (χ1) is 12.7. The number of benzene rings is 2. The third kappa shape index (κ3) is 3.50. The molecule has 1 aliphatic rings. The lowest BCUT2D eigenvalue weighted by molar-refractivity contribution is 0.102. The predicted octanol–water partition coefficient (Wildman–Crippen LogP) is 3.36. The highest BCUT2D eigenvalue weighted by molar-refractivity contribution is 6.04. The van der Waals surface area contributed by atoms with Crippen LogP contribution in [0.1, 0.15) is 27.2 Å². The van der Waals surface area contributed by atoms with Crippen LogP contribution in [0, 0.1) is 5.82 Å². The van der Waals surface area contributed by atoms with E-state index in [1.807, 2.05) is 6.07 Å². The number of aromatic nitrogens is 2. The summed E-state index contributed by atoms with van der Waals surface area (Å²) in [4.78, 5) is 14.6. The van der Waals surface area contributed by atoms with Crippen molar-refractivity contribution in [3.63, 3.8) is 0 Å². The molecular weight excluding hydrogens is 331 g/mol. The molecule has 0 radical (unpaired) electrons.